The van der Waals surface area contributed by atoms with Crippen molar-refractivity contribution in [2.75, 3.05) is 32.7 Å². The summed E-state index contributed by atoms with van der Waals surface area (Å²) >= 11 is 0. The third kappa shape index (κ3) is 7.67. The van der Waals surface area contributed by atoms with E-state index in [4.69, 9.17) is 5.73 Å². The lowest BCUT2D eigenvalue weighted by molar-refractivity contribution is -0.137. The van der Waals surface area contributed by atoms with Gasteiger partial charge in [0.15, 0.2) is 5.78 Å². The van der Waals surface area contributed by atoms with E-state index in [-0.39, 0.29) is 18.2 Å². The van der Waals surface area contributed by atoms with Crippen LogP contribution in [0.25, 0.3) is 0 Å². The van der Waals surface area contributed by atoms with E-state index in [1.807, 2.05) is 30.3 Å². The molecule has 0 bridgehead atoms. The van der Waals surface area contributed by atoms with Crippen molar-refractivity contribution in [1.29, 1.82) is 0 Å². The van der Waals surface area contributed by atoms with Gasteiger partial charge in [-0.1, -0.05) is 43.2 Å². The van der Waals surface area contributed by atoms with Crippen LogP contribution in [0.3, 0.4) is 0 Å². The van der Waals surface area contributed by atoms with Crippen molar-refractivity contribution in [3.63, 3.8) is 0 Å². The molecule has 0 unspecified atom stereocenters. The van der Waals surface area contributed by atoms with Gasteiger partial charge in [0.2, 0.25) is 5.91 Å². The van der Waals surface area contributed by atoms with Gasteiger partial charge in [-0.05, 0) is 50.9 Å². The molecule has 1 aliphatic rings. The van der Waals surface area contributed by atoms with Crippen LogP contribution in [0.4, 0.5) is 0 Å². The van der Waals surface area contributed by atoms with Crippen LogP contribution in [-0.2, 0) is 16.1 Å². The van der Waals surface area contributed by atoms with Crippen LogP contribution < -0.4 is 5.73 Å². The highest BCUT2D eigenvalue weighted by atomic mass is 16.2. The maximum atomic E-state index is 12.8. The highest BCUT2D eigenvalue weighted by molar-refractivity contribution is 5.87. The number of amides is 1. The van der Waals surface area contributed by atoms with Crippen molar-refractivity contribution < 1.29 is 9.59 Å². The van der Waals surface area contributed by atoms with Crippen molar-refractivity contribution in [3.8, 4) is 0 Å². The topological polar surface area (TPSA) is 66.6 Å². The number of ketones is 1. The fraction of sp³-hybridized carbons (Fsp3) is 0.619. The van der Waals surface area contributed by atoms with E-state index in [1.165, 1.54) is 0 Å². The molecule has 1 fully saturated rings. The minimum absolute atomic E-state index is 0.0612. The molecule has 0 aromatic heterocycles. The Balaban J connectivity index is 1.94. The molecule has 1 saturated heterocycles. The smallest absolute Gasteiger partial charge is 0.237 e. The SMILES string of the molecule is NCCCCCCN1CCCCC(=O)CN(Cc2ccccc2)C(=O)C1. The lowest BCUT2D eigenvalue weighted by Gasteiger charge is -2.28. The van der Waals surface area contributed by atoms with Crippen molar-refractivity contribution >= 4 is 11.7 Å². The first-order chi connectivity index (χ1) is 12.7. The fourth-order valence-electron chi connectivity index (χ4n) is 3.38. The molecule has 0 spiro atoms. The summed E-state index contributed by atoms with van der Waals surface area (Å²) < 4.78 is 0. The second kappa shape index (κ2) is 11.8. The Hall–Kier alpha value is -1.72. The van der Waals surface area contributed by atoms with E-state index in [9.17, 15) is 9.59 Å². The first-order valence-corrected chi connectivity index (χ1v) is 9.95. The van der Waals surface area contributed by atoms with Gasteiger partial charge in [0, 0.05) is 13.0 Å². The van der Waals surface area contributed by atoms with Crippen molar-refractivity contribution in [3.05, 3.63) is 35.9 Å². The third-order valence-electron chi connectivity index (χ3n) is 4.90. The number of nitrogens with zero attached hydrogens (tertiary/aromatic N) is 2. The average molecular weight is 360 g/mol. The predicted octanol–water partition coefficient (Wildman–Crippen LogP) is 2.59. The van der Waals surface area contributed by atoms with E-state index >= 15 is 0 Å². The molecule has 144 valence electrons. The second-order valence-corrected chi connectivity index (χ2v) is 7.21. The summed E-state index contributed by atoms with van der Waals surface area (Å²) in [6, 6.07) is 9.91. The summed E-state index contributed by atoms with van der Waals surface area (Å²) in [6.07, 6.45) is 6.97. The second-order valence-electron chi connectivity index (χ2n) is 7.21. The zero-order valence-corrected chi connectivity index (χ0v) is 15.9. The molecule has 1 aromatic rings. The summed E-state index contributed by atoms with van der Waals surface area (Å²) in [5.41, 5.74) is 6.61. The third-order valence-corrected chi connectivity index (χ3v) is 4.90. The molecular weight excluding hydrogens is 326 g/mol. The van der Waals surface area contributed by atoms with E-state index in [0.717, 1.165) is 63.7 Å². The van der Waals surface area contributed by atoms with Gasteiger partial charge in [-0.3, -0.25) is 14.5 Å². The standard InChI is InChI=1S/C21H33N3O2/c22-13-7-1-2-8-14-23-15-9-6-12-20(25)17-24(21(26)18-23)16-19-10-4-3-5-11-19/h3-5,10-11H,1-2,6-9,12-18,22H2. The van der Waals surface area contributed by atoms with Crippen molar-refractivity contribution in [1.82, 2.24) is 9.80 Å². The van der Waals surface area contributed by atoms with E-state index < -0.39 is 0 Å². The first-order valence-electron chi connectivity index (χ1n) is 9.95. The fourth-order valence-corrected chi connectivity index (χ4v) is 3.38. The van der Waals surface area contributed by atoms with Gasteiger partial charge in [0.25, 0.3) is 0 Å². The number of Topliss-reactive ketones (excluding diaryl/α,β-unsaturated/α-hetero) is 1. The number of carbonyl (C=O) groups excluding carboxylic acids is 2. The zero-order valence-electron chi connectivity index (χ0n) is 15.9. The quantitative estimate of drug-likeness (QED) is 0.725. The molecule has 1 aromatic carbocycles. The predicted molar refractivity (Wildman–Crippen MR) is 105 cm³/mol. The van der Waals surface area contributed by atoms with Crippen LogP contribution in [0.2, 0.25) is 0 Å². The molecule has 26 heavy (non-hydrogen) atoms. The van der Waals surface area contributed by atoms with Gasteiger partial charge in [0.1, 0.15) is 0 Å². The van der Waals surface area contributed by atoms with Crippen LogP contribution in [0.15, 0.2) is 30.3 Å². The molecule has 2 N–H and O–H groups in total. The lowest BCUT2D eigenvalue weighted by Crippen LogP contribution is -2.43. The van der Waals surface area contributed by atoms with Gasteiger partial charge < -0.3 is 10.6 Å². The van der Waals surface area contributed by atoms with Crippen molar-refractivity contribution in [2.45, 2.75) is 51.5 Å². The van der Waals surface area contributed by atoms with Crippen LogP contribution in [0.1, 0.15) is 50.5 Å². The number of carbonyl (C=O) groups is 2. The van der Waals surface area contributed by atoms with Crippen LogP contribution in [0.5, 0.6) is 0 Å². The molecule has 1 aliphatic heterocycles. The molecule has 1 heterocycles. The normalized spacial score (nSPS) is 17.5. The van der Waals surface area contributed by atoms with Crippen molar-refractivity contribution in [2.24, 2.45) is 5.73 Å². The number of hydrogen-bond acceptors (Lipinski definition) is 4. The van der Waals surface area contributed by atoms with Crippen LogP contribution in [0, 0.1) is 0 Å². The number of nitrogens with two attached hydrogens (primary N) is 1. The number of benzene rings is 1. The zero-order chi connectivity index (χ0) is 18.6. The highest BCUT2D eigenvalue weighted by Gasteiger charge is 2.21. The molecule has 0 aliphatic carbocycles. The molecule has 0 atom stereocenters. The minimum atomic E-state index is 0.0612. The van der Waals surface area contributed by atoms with E-state index in [1.54, 1.807) is 4.90 Å². The summed E-state index contributed by atoms with van der Waals surface area (Å²) in [6.45, 7) is 3.76. The maximum absolute atomic E-state index is 12.8. The molecule has 2 rings (SSSR count). The van der Waals surface area contributed by atoms with Gasteiger partial charge >= 0.3 is 0 Å². The van der Waals surface area contributed by atoms with Gasteiger partial charge in [-0.15, -0.1) is 0 Å². The van der Waals surface area contributed by atoms with Gasteiger partial charge in [0.05, 0.1) is 13.1 Å². The molecule has 1 amide bonds. The Bertz CT molecular complexity index is 547. The Labute approximate surface area is 157 Å². The molecule has 5 heteroatoms. The Morgan fingerprint density at radius 3 is 2.46 bits per heavy atom. The average Bonchev–Trinajstić information content (AvgIpc) is 2.64. The largest absolute Gasteiger partial charge is 0.330 e. The van der Waals surface area contributed by atoms with E-state index in [2.05, 4.69) is 4.90 Å². The molecule has 5 nitrogen and oxygen atoms in total. The number of hydrogen-bond donors (Lipinski definition) is 1. The Kier molecular flexibility index (Phi) is 9.35. The number of unbranched alkanes of at least 4 members (excludes halogenated alkanes) is 3. The molecular formula is C21H33N3O2. The van der Waals surface area contributed by atoms with Gasteiger partial charge in [-0.25, -0.2) is 0 Å². The molecule has 0 saturated carbocycles. The molecule has 0 radical (unpaired) electrons. The first kappa shape index (κ1) is 20.6. The summed E-state index contributed by atoms with van der Waals surface area (Å²) in [7, 11) is 0. The summed E-state index contributed by atoms with van der Waals surface area (Å²) in [4.78, 5) is 29.0. The van der Waals surface area contributed by atoms with E-state index in [0.29, 0.717) is 19.5 Å². The van der Waals surface area contributed by atoms with Crippen LogP contribution in [-0.4, -0.2) is 54.2 Å². The monoisotopic (exact) mass is 359 g/mol. The lowest BCUT2D eigenvalue weighted by atomic mass is 10.1. The Morgan fingerprint density at radius 2 is 1.69 bits per heavy atom. The maximum Gasteiger partial charge on any atom is 0.237 e. The minimum Gasteiger partial charge on any atom is -0.330 e. The summed E-state index contributed by atoms with van der Waals surface area (Å²) in [5.74, 6) is 0.232. The number of rotatable bonds is 8. The van der Waals surface area contributed by atoms with Gasteiger partial charge in [-0.2, -0.15) is 0 Å². The van der Waals surface area contributed by atoms with Crippen LogP contribution >= 0.6 is 0 Å². The summed E-state index contributed by atoms with van der Waals surface area (Å²) in [5, 5.41) is 0. The Morgan fingerprint density at radius 1 is 0.923 bits per heavy atom. The highest BCUT2D eigenvalue weighted by Crippen LogP contribution is 2.11.